The summed E-state index contributed by atoms with van der Waals surface area (Å²) in [7, 11) is -2.48. The third kappa shape index (κ3) is 7.99. The van der Waals surface area contributed by atoms with Crippen LogP contribution in [0.3, 0.4) is 0 Å². The van der Waals surface area contributed by atoms with Crippen molar-refractivity contribution in [3.8, 4) is 0 Å². The minimum atomic E-state index is -3.85. The molecule has 2 aromatic rings. The largest absolute Gasteiger partial charge is 0.469 e. The molecule has 0 bridgehead atoms. The number of hydrogen-bond donors (Lipinski definition) is 1. The molecule has 0 aliphatic carbocycles. The number of benzene rings is 1. The van der Waals surface area contributed by atoms with Crippen molar-refractivity contribution in [2.45, 2.75) is 63.3 Å². The zero-order chi connectivity index (χ0) is 23.7. The Labute approximate surface area is 193 Å². The van der Waals surface area contributed by atoms with Gasteiger partial charge in [0, 0.05) is 28.3 Å². The van der Waals surface area contributed by atoms with Crippen LogP contribution in [0, 0.1) is 16.0 Å². The van der Waals surface area contributed by atoms with Gasteiger partial charge in [-0.15, -0.1) is 11.3 Å². The highest BCUT2D eigenvalue weighted by molar-refractivity contribution is 7.89. The van der Waals surface area contributed by atoms with Gasteiger partial charge in [0.25, 0.3) is 5.69 Å². The molecule has 0 radical (unpaired) electrons. The molecular weight excluding hydrogens is 452 g/mol. The molecule has 8 nitrogen and oxygen atoms in total. The highest BCUT2D eigenvalue weighted by Crippen LogP contribution is 2.30. The lowest BCUT2D eigenvalue weighted by molar-refractivity contribution is -0.384. The van der Waals surface area contributed by atoms with Gasteiger partial charge in [-0.2, -0.15) is 0 Å². The molecule has 0 aliphatic rings. The number of esters is 1. The van der Waals surface area contributed by atoms with E-state index in [1.165, 1.54) is 42.7 Å². The summed E-state index contributed by atoms with van der Waals surface area (Å²) < 4.78 is 33.4. The van der Waals surface area contributed by atoms with Crippen LogP contribution < -0.4 is 4.72 Å². The lowest BCUT2D eigenvalue weighted by atomic mass is 10.0. The molecule has 0 fully saturated rings. The van der Waals surface area contributed by atoms with Crippen molar-refractivity contribution in [3.63, 3.8) is 0 Å². The molecule has 0 saturated heterocycles. The number of nitro groups is 1. The summed E-state index contributed by atoms with van der Waals surface area (Å²) >= 11 is 1.53. The number of hydrogen-bond acceptors (Lipinski definition) is 7. The maximum Gasteiger partial charge on any atom is 0.305 e. The number of ether oxygens (including phenoxy) is 1. The van der Waals surface area contributed by atoms with Crippen LogP contribution in [0.15, 0.2) is 41.3 Å². The van der Waals surface area contributed by atoms with Gasteiger partial charge in [-0.3, -0.25) is 14.9 Å². The first-order chi connectivity index (χ1) is 15.1. The monoisotopic (exact) mass is 482 g/mol. The lowest BCUT2D eigenvalue weighted by Gasteiger charge is -2.18. The SMILES string of the molecule is COC(=O)CCCc1ccc(C(CCCC(C)C)NS(=O)(=O)c2ccc([N+](=O)[O-])cc2)s1. The Balaban J connectivity index is 2.15. The smallest absolute Gasteiger partial charge is 0.305 e. The van der Waals surface area contributed by atoms with Crippen molar-refractivity contribution in [2.75, 3.05) is 7.11 Å². The fourth-order valence-electron chi connectivity index (χ4n) is 3.22. The number of nitro benzene ring substituents is 1. The fourth-order valence-corrected chi connectivity index (χ4v) is 5.68. The highest BCUT2D eigenvalue weighted by Gasteiger charge is 2.23. The molecule has 1 N–H and O–H groups in total. The second kappa shape index (κ2) is 12.1. The second-order valence-electron chi connectivity index (χ2n) is 7.98. The van der Waals surface area contributed by atoms with Crippen molar-refractivity contribution >= 4 is 33.0 Å². The maximum absolute atomic E-state index is 13.0. The lowest BCUT2D eigenvalue weighted by Crippen LogP contribution is -2.28. The summed E-state index contributed by atoms with van der Waals surface area (Å²) in [5, 5.41) is 10.8. The number of nitrogens with zero attached hydrogens (tertiary/aromatic N) is 1. The summed E-state index contributed by atoms with van der Waals surface area (Å²) in [5.41, 5.74) is -0.160. The number of sulfonamides is 1. The van der Waals surface area contributed by atoms with Crippen LogP contribution in [-0.4, -0.2) is 26.4 Å². The average Bonchev–Trinajstić information content (AvgIpc) is 3.21. The molecule has 0 aliphatic heterocycles. The minimum Gasteiger partial charge on any atom is -0.469 e. The van der Waals surface area contributed by atoms with Crippen LogP contribution in [0.4, 0.5) is 5.69 Å². The van der Waals surface area contributed by atoms with Crippen molar-refractivity contribution in [1.82, 2.24) is 4.72 Å². The third-order valence-corrected chi connectivity index (χ3v) is 7.73. The Kier molecular flexibility index (Phi) is 9.80. The Morgan fingerprint density at radius 3 is 2.41 bits per heavy atom. The molecule has 1 aromatic heterocycles. The van der Waals surface area contributed by atoms with Gasteiger partial charge < -0.3 is 4.74 Å². The van der Waals surface area contributed by atoms with E-state index in [4.69, 9.17) is 0 Å². The summed E-state index contributed by atoms with van der Waals surface area (Å²) in [6, 6.07) is 8.37. The van der Waals surface area contributed by atoms with Crippen LogP contribution in [0.25, 0.3) is 0 Å². The van der Waals surface area contributed by atoms with Gasteiger partial charge in [0.2, 0.25) is 10.0 Å². The summed E-state index contributed by atoms with van der Waals surface area (Å²) in [4.78, 5) is 23.6. The maximum atomic E-state index is 13.0. The van der Waals surface area contributed by atoms with Gasteiger partial charge in [-0.1, -0.05) is 26.7 Å². The van der Waals surface area contributed by atoms with E-state index in [0.29, 0.717) is 31.6 Å². The van der Waals surface area contributed by atoms with E-state index in [0.717, 1.165) is 22.6 Å². The van der Waals surface area contributed by atoms with E-state index in [2.05, 4.69) is 23.3 Å². The van der Waals surface area contributed by atoms with E-state index in [1.54, 1.807) is 0 Å². The Morgan fingerprint density at radius 2 is 1.81 bits per heavy atom. The molecule has 1 heterocycles. The molecule has 1 unspecified atom stereocenters. The molecule has 0 saturated carbocycles. The summed E-state index contributed by atoms with van der Waals surface area (Å²) in [6.45, 7) is 4.25. The van der Waals surface area contributed by atoms with Gasteiger partial charge in [-0.05, 0) is 49.4 Å². The highest BCUT2D eigenvalue weighted by atomic mass is 32.2. The molecular formula is C22H30N2O6S2. The van der Waals surface area contributed by atoms with Gasteiger partial charge in [0.1, 0.15) is 0 Å². The van der Waals surface area contributed by atoms with Gasteiger partial charge in [0.15, 0.2) is 0 Å². The van der Waals surface area contributed by atoms with Gasteiger partial charge in [-0.25, -0.2) is 13.1 Å². The predicted octanol–water partition coefficient (Wildman–Crippen LogP) is 5.00. The van der Waals surface area contributed by atoms with Gasteiger partial charge >= 0.3 is 5.97 Å². The molecule has 1 aromatic carbocycles. The van der Waals surface area contributed by atoms with Crippen LogP contribution in [-0.2, 0) is 26.0 Å². The van der Waals surface area contributed by atoms with Gasteiger partial charge in [0.05, 0.1) is 23.0 Å². The first kappa shape index (κ1) is 26.0. The van der Waals surface area contributed by atoms with Crippen LogP contribution in [0.2, 0.25) is 0 Å². The van der Waals surface area contributed by atoms with E-state index < -0.39 is 21.0 Å². The number of non-ortho nitro benzene ring substituents is 1. The van der Waals surface area contributed by atoms with E-state index >= 15 is 0 Å². The van der Waals surface area contributed by atoms with Crippen molar-refractivity contribution in [3.05, 3.63) is 56.3 Å². The van der Waals surface area contributed by atoms with Crippen molar-refractivity contribution < 1.29 is 22.9 Å². The van der Waals surface area contributed by atoms with Crippen molar-refractivity contribution in [1.29, 1.82) is 0 Å². The number of methoxy groups -OCH3 is 1. The number of carbonyl (C=O) groups is 1. The van der Waals surface area contributed by atoms with Crippen LogP contribution in [0.5, 0.6) is 0 Å². The first-order valence-corrected chi connectivity index (χ1v) is 12.8. The Morgan fingerprint density at radius 1 is 1.12 bits per heavy atom. The first-order valence-electron chi connectivity index (χ1n) is 10.5. The molecule has 10 heteroatoms. The molecule has 0 amide bonds. The fraction of sp³-hybridized carbons (Fsp3) is 0.500. The number of carbonyl (C=O) groups excluding carboxylic acids is 1. The number of thiophene rings is 1. The molecule has 1 atom stereocenters. The van der Waals surface area contributed by atoms with E-state index in [-0.39, 0.29) is 16.6 Å². The van der Waals surface area contributed by atoms with Crippen LogP contribution in [0.1, 0.15) is 61.7 Å². The van der Waals surface area contributed by atoms with Crippen LogP contribution >= 0.6 is 11.3 Å². The zero-order valence-electron chi connectivity index (χ0n) is 18.6. The predicted molar refractivity (Wildman–Crippen MR) is 124 cm³/mol. The molecule has 0 spiro atoms. The Bertz CT molecular complexity index is 1000. The minimum absolute atomic E-state index is 0.00758. The quantitative estimate of drug-likeness (QED) is 0.244. The second-order valence-corrected chi connectivity index (χ2v) is 10.9. The normalized spacial score (nSPS) is 12.6. The summed E-state index contributed by atoms with van der Waals surface area (Å²) in [6.07, 6.45) is 4.21. The van der Waals surface area contributed by atoms with E-state index in [9.17, 15) is 23.3 Å². The topological polar surface area (TPSA) is 116 Å². The number of rotatable bonds is 13. The average molecular weight is 483 g/mol. The molecule has 32 heavy (non-hydrogen) atoms. The third-order valence-electron chi connectivity index (χ3n) is 4.99. The standard InChI is InChI=1S/C22H30N2O6S2/c1-16(2)6-4-8-20(21-15-12-18(31-21)7-5-9-22(25)30-3)23-32(28,29)19-13-10-17(11-14-19)24(26)27/h10-16,20,23H,4-9H2,1-3H3. The molecule has 176 valence electrons. The Hall–Kier alpha value is -2.30. The summed E-state index contributed by atoms with van der Waals surface area (Å²) in [5.74, 6) is 0.267. The zero-order valence-corrected chi connectivity index (χ0v) is 20.2. The number of nitrogens with one attached hydrogen (secondary N) is 1. The molecule has 2 rings (SSSR count). The van der Waals surface area contributed by atoms with Crippen molar-refractivity contribution in [2.24, 2.45) is 5.92 Å². The van der Waals surface area contributed by atoms with E-state index in [1.807, 2.05) is 12.1 Å². The number of aryl methyl sites for hydroxylation is 1.